The minimum Gasteiger partial charge on any atom is -0.383 e. The van der Waals surface area contributed by atoms with Crippen LogP contribution in [0.15, 0.2) is 24.4 Å². The van der Waals surface area contributed by atoms with Crippen LogP contribution >= 0.6 is 0 Å². The van der Waals surface area contributed by atoms with Crippen molar-refractivity contribution in [2.75, 3.05) is 38.7 Å². The largest absolute Gasteiger partial charge is 0.383 e. The second-order valence-electron chi connectivity index (χ2n) is 9.36. The van der Waals surface area contributed by atoms with Crippen molar-refractivity contribution in [3.63, 3.8) is 0 Å². The zero-order chi connectivity index (χ0) is 23.8. The summed E-state index contributed by atoms with van der Waals surface area (Å²) in [6.07, 6.45) is 1.57. The molecule has 0 saturated carbocycles. The topological polar surface area (TPSA) is 107 Å². The number of aromatic amines is 1. The number of fused-ring (bicyclic) bond motifs is 1. The fraction of sp³-hybridized carbons (Fsp3) is 0.565. The molecule has 1 fully saturated rings. The zero-order valence-corrected chi connectivity index (χ0v) is 20.0. The lowest BCUT2D eigenvalue weighted by atomic mass is 10.0. The minimum atomic E-state index is -0.580. The molecule has 10 nitrogen and oxygen atoms in total. The number of hydrogen-bond acceptors (Lipinski definition) is 6. The maximum absolute atomic E-state index is 13.7. The lowest BCUT2D eigenvalue weighted by molar-refractivity contribution is 0.0242. The Bertz CT molecular complexity index is 1010. The number of amides is 3. The Hall–Kier alpha value is -2.98. The van der Waals surface area contributed by atoms with Crippen LogP contribution in [0, 0.1) is 0 Å². The summed E-state index contributed by atoms with van der Waals surface area (Å²) in [6, 6.07) is 5.50. The zero-order valence-electron chi connectivity index (χ0n) is 20.0. The van der Waals surface area contributed by atoms with Gasteiger partial charge in [0, 0.05) is 50.6 Å². The summed E-state index contributed by atoms with van der Waals surface area (Å²) in [6.45, 7) is 11.6. The van der Waals surface area contributed by atoms with Gasteiger partial charge in [-0.05, 0) is 39.8 Å². The predicted molar refractivity (Wildman–Crippen MR) is 124 cm³/mol. The van der Waals surface area contributed by atoms with Crippen molar-refractivity contribution < 1.29 is 14.3 Å². The average molecular weight is 456 g/mol. The maximum Gasteiger partial charge on any atom is 0.321 e. The van der Waals surface area contributed by atoms with E-state index in [2.05, 4.69) is 39.2 Å². The molecule has 1 saturated heterocycles. The number of nitrogens with one attached hydrogen (secondary N) is 2. The third-order valence-corrected chi connectivity index (χ3v) is 6.77. The van der Waals surface area contributed by atoms with Gasteiger partial charge in [0.1, 0.15) is 5.69 Å². The SMILES string of the molecule is COCCN1C[C@H](C)N(C(=O)N2Cc3c(NC(=O)c4ccccn4)n[nH]c3C2(C)C)C[C@H]1C. The van der Waals surface area contributed by atoms with Gasteiger partial charge in [0.05, 0.1) is 24.4 Å². The molecule has 2 aliphatic heterocycles. The monoisotopic (exact) mass is 455 g/mol. The molecule has 2 aliphatic rings. The van der Waals surface area contributed by atoms with Crippen LogP contribution in [0.4, 0.5) is 10.6 Å². The summed E-state index contributed by atoms with van der Waals surface area (Å²) >= 11 is 0. The normalized spacial score (nSPS) is 22.3. The second-order valence-corrected chi connectivity index (χ2v) is 9.36. The van der Waals surface area contributed by atoms with Gasteiger partial charge in [-0.1, -0.05) is 6.07 Å². The number of ether oxygens (including phenoxy) is 1. The standard InChI is InChI=1S/C23H33N7O3/c1-15-13-29(16(2)12-28(15)10-11-33-5)22(32)30-14-17-19(23(30,3)4)26-27-20(17)25-21(31)18-8-6-7-9-24-18/h6-9,15-16H,10-14H2,1-5H3,(H2,25,26,27,31)/t15-,16+/m1/s1. The minimum absolute atomic E-state index is 0.00246. The van der Waals surface area contributed by atoms with Crippen molar-refractivity contribution >= 4 is 17.8 Å². The van der Waals surface area contributed by atoms with E-state index in [4.69, 9.17) is 4.74 Å². The summed E-state index contributed by atoms with van der Waals surface area (Å²) < 4.78 is 5.23. The highest BCUT2D eigenvalue weighted by atomic mass is 16.5. The Morgan fingerprint density at radius 1 is 1.24 bits per heavy atom. The number of methoxy groups -OCH3 is 1. The lowest BCUT2D eigenvalue weighted by Crippen LogP contribution is -2.61. The van der Waals surface area contributed by atoms with E-state index in [1.807, 2.05) is 23.6 Å². The molecular weight excluding hydrogens is 422 g/mol. The highest BCUT2D eigenvalue weighted by molar-refractivity contribution is 6.02. The number of H-pyrrole nitrogens is 1. The molecule has 4 rings (SSSR count). The molecule has 2 aromatic heterocycles. The van der Waals surface area contributed by atoms with Crippen LogP contribution in [0.25, 0.3) is 0 Å². The molecule has 0 spiro atoms. The molecule has 3 amide bonds. The number of aromatic nitrogens is 3. The summed E-state index contributed by atoms with van der Waals surface area (Å²) in [5.74, 6) is 0.108. The fourth-order valence-corrected chi connectivity index (χ4v) is 4.73. The first-order chi connectivity index (χ1) is 15.7. The molecule has 0 bridgehead atoms. The molecular formula is C23H33N7O3. The second kappa shape index (κ2) is 9.11. The number of carbonyl (C=O) groups is 2. The summed E-state index contributed by atoms with van der Waals surface area (Å²) in [5.41, 5.74) is 1.40. The molecule has 2 atom stereocenters. The van der Waals surface area contributed by atoms with Crippen LogP contribution in [0.1, 0.15) is 49.4 Å². The molecule has 2 aromatic rings. The number of carbonyl (C=O) groups excluding carboxylic acids is 2. The summed E-state index contributed by atoms with van der Waals surface area (Å²) in [5, 5.41) is 10.2. The molecule has 0 aliphatic carbocycles. The molecule has 178 valence electrons. The van der Waals surface area contributed by atoms with Gasteiger partial charge in [0.15, 0.2) is 5.82 Å². The van der Waals surface area contributed by atoms with Gasteiger partial charge >= 0.3 is 6.03 Å². The van der Waals surface area contributed by atoms with Gasteiger partial charge in [-0.3, -0.25) is 19.8 Å². The Morgan fingerprint density at radius 2 is 2.03 bits per heavy atom. The van der Waals surface area contributed by atoms with Gasteiger partial charge in [0.25, 0.3) is 5.91 Å². The van der Waals surface area contributed by atoms with Crippen molar-refractivity contribution in [1.82, 2.24) is 29.9 Å². The molecule has 2 N–H and O–H groups in total. The molecule has 0 aromatic carbocycles. The predicted octanol–water partition coefficient (Wildman–Crippen LogP) is 2.27. The van der Waals surface area contributed by atoms with E-state index in [-0.39, 0.29) is 24.0 Å². The van der Waals surface area contributed by atoms with E-state index in [0.29, 0.717) is 31.2 Å². The molecule has 33 heavy (non-hydrogen) atoms. The van der Waals surface area contributed by atoms with Crippen molar-refractivity contribution in [2.45, 2.75) is 51.9 Å². The molecule has 10 heteroatoms. The number of rotatable bonds is 5. The van der Waals surface area contributed by atoms with Crippen molar-refractivity contribution in [3.8, 4) is 0 Å². The van der Waals surface area contributed by atoms with Crippen LogP contribution in [0.2, 0.25) is 0 Å². The first-order valence-electron chi connectivity index (χ1n) is 11.3. The fourth-order valence-electron chi connectivity index (χ4n) is 4.73. The van der Waals surface area contributed by atoms with Crippen molar-refractivity contribution in [3.05, 3.63) is 41.3 Å². The summed E-state index contributed by atoms with van der Waals surface area (Å²) in [4.78, 5) is 36.6. The van der Waals surface area contributed by atoms with Gasteiger partial charge in [-0.2, -0.15) is 5.10 Å². The van der Waals surface area contributed by atoms with Gasteiger partial charge < -0.3 is 19.9 Å². The number of nitrogens with zero attached hydrogens (tertiary/aromatic N) is 5. The lowest BCUT2D eigenvalue weighted by Gasteiger charge is -2.46. The Labute approximate surface area is 194 Å². The highest BCUT2D eigenvalue weighted by Crippen LogP contribution is 2.41. The number of pyridine rings is 1. The van der Waals surface area contributed by atoms with E-state index in [0.717, 1.165) is 24.3 Å². The average Bonchev–Trinajstić information content (AvgIpc) is 3.32. The van der Waals surface area contributed by atoms with E-state index in [9.17, 15) is 9.59 Å². The number of piperazine rings is 1. The van der Waals surface area contributed by atoms with Crippen LogP contribution in [0.3, 0.4) is 0 Å². The Morgan fingerprint density at radius 3 is 2.73 bits per heavy atom. The first kappa shape index (κ1) is 23.2. The molecule has 0 radical (unpaired) electrons. The van der Waals surface area contributed by atoms with Crippen LogP contribution in [-0.2, 0) is 16.8 Å². The number of urea groups is 1. The third-order valence-electron chi connectivity index (χ3n) is 6.77. The maximum atomic E-state index is 13.7. The van der Waals surface area contributed by atoms with Crippen LogP contribution in [0.5, 0.6) is 0 Å². The van der Waals surface area contributed by atoms with Crippen molar-refractivity contribution in [2.24, 2.45) is 0 Å². The number of hydrogen-bond donors (Lipinski definition) is 2. The van der Waals surface area contributed by atoms with Crippen molar-refractivity contribution in [1.29, 1.82) is 0 Å². The first-order valence-corrected chi connectivity index (χ1v) is 11.3. The van der Waals surface area contributed by atoms with Crippen LogP contribution < -0.4 is 5.32 Å². The third kappa shape index (κ3) is 4.32. The highest BCUT2D eigenvalue weighted by Gasteiger charge is 2.46. The Balaban J connectivity index is 1.49. The van der Waals surface area contributed by atoms with Gasteiger partial charge in [0.2, 0.25) is 0 Å². The smallest absolute Gasteiger partial charge is 0.321 e. The molecule has 0 unspecified atom stereocenters. The Kier molecular flexibility index (Phi) is 6.40. The van der Waals surface area contributed by atoms with E-state index >= 15 is 0 Å². The number of anilines is 1. The van der Waals surface area contributed by atoms with E-state index < -0.39 is 5.54 Å². The molecule has 4 heterocycles. The quantitative estimate of drug-likeness (QED) is 0.716. The van der Waals surface area contributed by atoms with E-state index in [1.54, 1.807) is 31.5 Å². The van der Waals surface area contributed by atoms with Gasteiger partial charge in [-0.15, -0.1) is 0 Å². The van der Waals surface area contributed by atoms with E-state index in [1.165, 1.54) is 0 Å². The summed E-state index contributed by atoms with van der Waals surface area (Å²) in [7, 11) is 1.71. The van der Waals surface area contributed by atoms with Gasteiger partial charge in [-0.25, -0.2) is 4.79 Å². The van der Waals surface area contributed by atoms with Crippen LogP contribution in [-0.4, -0.2) is 87.3 Å².